The molecule has 0 aliphatic carbocycles. The van der Waals surface area contributed by atoms with Crippen LogP contribution >= 0.6 is 11.8 Å². The monoisotopic (exact) mass is 578 g/mol. The van der Waals surface area contributed by atoms with E-state index in [-0.39, 0.29) is 17.7 Å². The molecule has 0 unspecified atom stereocenters. The summed E-state index contributed by atoms with van der Waals surface area (Å²) in [5.41, 5.74) is 0.0269. The minimum Gasteiger partial charge on any atom is -0.459 e. The summed E-state index contributed by atoms with van der Waals surface area (Å²) in [6, 6.07) is 25.0. The maximum atomic E-state index is 13.2. The lowest BCUT2D eigenvalue weighted by Crippen LogP contribution is -2.61. The molecule has 3 aromatic rings. The van der Waals surface area contributed by atoms with Gasteiger partial charge in [0.1, 0.15) is 18.1 Å². The summed E-state index contributed by atoms with van der Waals surface area (Å²) >= 11 is 1.31. The highest BCUT2D eigenvalue weighted by atomic mass is 32.2. The normalized spacial score (nSPS) is 21.8. The molecule has 10 heteroatoms. The van der Waals surface area contributed by atoms with E-state index in [1.54, 1.807) is 91.0 Å². The lowest BCUT2D eigenvalue weighted by atomic mass is 9.99. The second-order valence-corrected chi connectivity index (χ2v) is 10.4. The number of esters is 4. The third kappa shape index (κ3) is 7.96. The van der Waals surface area contributed by atoms with Crippen molar-refractivity contribution >= 4 is 35.6 Å². The molecular formula is C31H30O9S. The quantitative estimate of drug-likeness (QED) is 0.248. The zero-order valence-corrected chi connectivity index (χ0v) is 23.4. The van der Waals surface area contributed by atoms with Gasteiger partial charge in [-0.3, -0.25) is 4.79 Å². The van der Waals surface area contributed by atoms with Gasteiger partial charge in [0.25, 0.3) is 0 Å². The Morgan fingerprint density at radius 3 is 1.59 bits per heavy atom. The van der Waals surface area contributed by atoms with Crippen LogP contribution < -0.4 is 0 Å². The molecule has 9 nitrogen and oxygen atoms in total. The summed E-state index contributed by atoms with van der Waals surface area (Å²) < 4.78 is 29.2. The van der Waals surface area contributed by atoms with Crippen molar-refractivity contribution < 1.29 is 42.9 Å². The summed E-state index contributed by atoms with van der Waals surface area (Å²) in [7, 11) is 0. The van der Waals surface area contributed by atoms with Crippen LogP contribution in [-0.2, 0) is 28.5 Å². The molecule has 3 aromatic carbocycles. The molecule has 1 aliphatic heterocycles. The smallest absolute Gasteiger partial charge is 0.338 e. The van der Waals surface area contributed by atoms with E-state index in [4.69, 9.17) is 23.7 Å². The van der Waals surface area contributed by atoms with Crippen LogP contribution in [0.4, 0.5) is 0 Å². The van der Waals surface area contributed by atoms with Crippen LogP contribution in [0.2, 0.25) is 0 Å². The molecular weight excluding hydrogens is 548 g/mol. The molecule has 1 aliphatic rings. The number of carbonyl (C=O) groups is 4. The zero-order valence-electron chi connectivity index (χ0n) is 22.5. The number of hydrogen-bond acceptors (Lipinski definition) is 10. The maximum Gasteiger partial charge on any atom is 0.338 e. The van der Waals surface area contributed by atoms with Gasteiger partial charge in [-0.25, -0.2) is 14.4 Å². The topological polar surface area (TPSA) is 114 Å². The first-order valence-electron chi connectivity index (χ1n) is 13.1. The Morgan fingerprint density at radius 1 is 0.659 bits per heavy atom. The van der Waals surface area contributed by atoms with Gasteiger partial charge in [0.2, 0.25) is 0 Å². The van der Waals surface area contributed by atoms with E-state index in [1.165, 1.54) is 18.7 Å². The number of thioether (sulfide) groups is 1. The van der Waals surface area contributed by atoms with Gasteiger partial charge in [-0.15, -0.1) is 11.8 Å². The zero-order chi connectivity index (χ0) is 29.2. The predicted molar refractivity (Wildman–Crippen MR) is 150 cm³/mol. The van der Waals surface area contributed by atoms with Gasteiger partial charge < -0.3 is 23.7 Å². The van der Waals surface area contributed by atoms with E-state index in [9.17, 15) is 19.2 Å². The van der Waals surface area contributed by atoms with Gasteiger partial charge in [0.05, 0.1) is 16.7 Å². The summed E-state index contributed by atoms with van der Waals surface area (Å²) in [6.45, 7) is 2.77. The number of rotatable bonds is 10. The summed E-state index contributed by atoms with van der Waals surface area (Å²) in [5, 5.41) is 0. The maximum absolute atomic E-state index is 13.2. The second kappa shape index (κ2) is 14.5. The summed E-state index contributed by atoms with van der Waals surface area (Å²) in [6.07, 6.45) is -4.73. The van der Waals surface area contributed by atoms with E-state index in [2.05, 4.69) is 0 Å². The lowest BCUT2D eigenvalue weighted by Gasteiger charge is -2.44. The highest BCUT2D eigenvalue weighted by molar-refractivity contribution is 7.99. The van der Waals surface area contributed by atoms with E-state index >= 15 is 0 Å². The van der Waals surface area contributed by atoms with E-state index in [0.29, 0.717) is 11.3 Å². The SMILES string of the molecule is CCS[C@@H]1O[C@H](COC(=O)c2ccccc2)[C@H](OC(=O)c2ccccc2)[C@H](OC(C)=O)[C@H]1OC(=O)c1ccccc1. The molecule has 0 saturated carbocycles. The number of ether oxygens (including phenoxy) is 5. The van der Waals surface area contributed by atoms with Crippen molar-refractivity contribution in [3.8, 4) is 0 Å². The number of hydrogen-bond donors (Lipinski definition) is 0. The van der Waals surface area contributed by atoms with Crippen LogP contribution in [-0.4, -0.2) is 66.1 Å². The van der Waals surface area contributed by atoms with Gasteiger partial charge in [-0.1, -0.05) is 61.5 Å². The Balaban J connectivity index is 1.66. The average molecular weight is 579 g/mol. The largest absolute Gasteiger partial charge is 0.459 e. The van der Waals surface area contributed by atoms with Crippen molar-refractivity contribution in [3.63, 3.8) is 0 Å². The Labute approximate surface area is 242 Å². The lowest BCUT2D eigenvalue weighted by molar-refractivity contribution is -0.220. The van der Waals surface area contributed by atoms with Crippen molar-refractivity contribution in [3.05, 3.63) is 108 Å². The Kier molecular flexibility index (Phi) is 10.5. The molecule has 0 N–H and O–H groups in total. The van der Waals surface area contributed by atoms with Gasteiger partial charge in [0.15, 0.2) is 18.3 Å². The average Bonchev–Trinajstić information content (AvgIpc) is 3.00. The molecule has 0 radical (unpaired) electrons. The minimum absolute atomic E-state index is 0.247. The molecule has 214 valence electrons. The molecule has 0 amide bonds. The Hall–Kier alpha value is -4.15. The Morgan fingerprint density at radius 2 is 1.12 bits per heavy atom. The Bertz CT molecular complexity index is 1320. The second-order valence-electron chi connectivity index (χ2n) is 9.01. The van der Waals surface area contributed by atoms with Crippen molar-refractivity contribution in [2.75, 3.05) is 12.4 Å². The van der Waals surface area contributed by atoms with E-state index in [1.807, 2.05) is 6.92 Å². The van der Waals surface area contributed by atoms with Gasteiger partial charge in [-0.2, -0.15) is 0 Å². The molecule has 0 bridgehead atoms. The highest BCUT2D eigenvalue weighted by Gasteiger charge is 2.52. The summed E-state index contributed by atoms with van der Waals surface area (Å²) in [5.74, 6) is -2.12. The van der Waals surface area contributed by atoms with E-state index < -0.39 is 53.7 Å². The van der Waals surface area contributed by atoms with E-state index in [0.717, 1.165) is 0 Å². The fraction of sp³-hybridized carbons (Fsp3) is 0.290. The fourth-order valence-electron chi connectivity index (χ4n) is 4.25. The van der Waals surface area contributed by atoms with Crippen molar-refractivity contribution in [1.29, 1.82) is 0 Å². The fourth-order valence-corrected chi connectivity index (χ4v) is 5.20. The molecule has 5 atom stereocenters. The van der Waals surface area contributed by atoms with Crippen LogP contribution in [0.15, 0.2) is 91.0 Å². The van der Waals surface area contributed by atoms with Crippen LogP contribution in [0.5, 0.6) is 0 Å². The van der Waals surface area contributed by atoms with Crippen LogP contribution in [0.3, 0.4) is 0 Å². The molecule has 41 heavy (non-hydrogen) atoms. The molecule has 0 aromatic heterocycles. The molecule has 4 rings (SSSR count). The van der Waals surface area contributed by atoms with Crippen molar-refractivity contribution in [2.45, 2.75) is 43.7 Å². The van der Waals surface area contributed by atoms with Crippen molar-refractivity contribution in [1.82, 2.24) is 0 Å². The van der Waals surface area contributed by atoms with Crippen LogP contribution in [0.1, 0.15) is 44.9 Å². The van der Waals surface area contributed by atoms with Gasteiger partial charge >= 0.3 is 23.9 Å². The molecule has 1 fully saturated rings. The number of carbonyl (C=O) groups excluding carboxylic acids is 4. The third-order valence-electron chi connectivity index (χ3n) is 6.12. The van der Waals surface area contributed by atoms with Crippen LogP contribution in [0, 0.1) is 0 Å². The predicted octanol–water partition coefficient (Wildman–Crippen LogP) is 4.70. The third-order valence-corrected chi connectivity index (χ3v) is 7.16. The number of benzene rings is 3. The van der Waals surface area contributed by atoms with Gasteiger partial charge in [0, 0.05) is 6.92 Å². The molecule has 1 saturated heterocycles. The van der Waals surface area contributed by atoms with Crippen molar-refractivity contribution in [2.24, 2.45) is 0 Å². The minimum atomic E-state index is -1.28. The molecule has 0 spiro atoms. The first kappa shape index (κ1) is 29.8. The highest BCUT2D eigenvalue weighted by Crippen LogP contribution is 2.35. The molecule has 1 heterocycles. The first-order valence-corrected chi connectivity index (χ1v) is 14.1. The van der Waals surface area contributed by atoms with Gasteiger partial charge in [-0.05, 0) is 42.2 Å². The first-order chi connectivity index (χ1) is 19.9. The van der Waals surface area contributed by atoms with Crippen LogP contribution in [0.25, 0.3) is 0 Å². The standard InChI is InChI=1S/C31H30O9S/c1-3-41-31-27(40-30(35)23-17-11-6-12-18-23)26(37-20(2)32)25(39-29(34)22-15-9-5-10-16-22)24(38-31)19-36-28(33)21-13-7-4-8-14-21/h4-18,24-27,31H,3,19H2,1-2H3/t24-,25+,26+,27-,31+/m1/s1. The summed E-state index contributed by atoms with van der Waals surface area (Å²) in [4.78, 5) is 51.3.